The molecule has 1 amide bonds. The lowest BCUT2D eigenvalue weighted by Crippen LogP contribution is -2.42. The first-order valence-electron chi connectivity index (χ1n) is 7.15. The molecule has 5 heteroatoms. The van der Waals surface area contributed by atoms with Crippen molar-refractivity contribution in [3.8, 4) is 0 Å². The maximum absolute atomic E-state index is 11.7. The molecule has 104 valence electrons. The molecule has 0 aromatic carbocycles. The van der Waals surface area contributed by atoms with Gasteiger partial charge in [-0.2, -0.15) is 11.8 Å². The Morgan fingerprint density at radius 2 is 1.94 bits per heavy atom. The molecule has 4 nitrogen and oxygen atoms in total. The topological polar surface area (TPSA) is 44.4 Å². The largest absolute Gasteiger partial charge is 0.352 e. The minimum absolute atomic E-state index is 0.163. The fourth-order valence-electron chi connectivity index (χ4n) is 2.61. The van der Waals surface area contributed by atoms with Gasteiger partial charge in [-0.3, -0.25) is 4.79 Å². The van der Waals surface area contributed by atoms with Gasteiger partial charge in [0.25, 0.3) is 0 Å². The lowest BCUT2D eigenvalue weighted by atomic mass is 10.2. The third-order valence-electron chi connectivity index (χ3n) is 3.71. The summed E-state index contributed by atoms with van der Waals surface area (Å²) in [5.74, 6) is 2.67. The van der Waals surface area contributed by atoms with E-state index in [-0.39, 0.29) is 5.91 Å². The lowest BCUT2D eigenvalue weighted by molar-refractivity contribution is -0.120. The second-order valence-corrected chi connectivity index (χ2v) is 6.40. The average Bonchev–Trinajstić information content (AvgIpc) is 2.89. The van der Waals surface area contributed by atoms with Gasteiger partial charge in [0.15, 0.2) is 0 Å². The van der Waals surface area contributed by atoms with Gasteiger partial charge in [-0.05, 0) is 12.8 Å². The van der Waals surface area contributed by atoms with Crippen LogP contribution in [0.3, 0.4) is 0 Å². The minimum atomic E-state index is 0.163. The van der Waals surface area contributed by atoms with Crippen molar-refractivity contribution in [2.24, 2.45) is 0 Å². The maximum atomic E-state index is 11.7. The molecule has 1 aliphatic carbocycles. The number of rotatable bonds is 6. The number of carbonyl (C=O) groups is 1. The Morgan fingerprint density at radius 1 is 1.22 bits per heavy atom. The van der Waals surface area contributed by atoms with Gasteiger partial charge in [0.2, 0.25) is 5.91 Å². The second kappa shape index (κ2) is 8.02. The van der Waals surface area contributed by atoms with Gasteiger partial charge < -0.3 is 15.5 Å². The summed E-state index contributed by atoms with van der Waals surface area (Å²) in [6.07, 6.45) is 4.87. The standard InChI is InChI=1S/C13H25N3OS/c17-13(15-12-3-1-2-4-12)11-14-5-6-16-7-9-18-10-8-16/h12,14H,1-11H2,(H,15,17). The number of hydrogen-bond donors (Lipinski definition) is 2. The number of carbonyl (C=O) groups excluding carboxylic acids is 1. The molecule has 2 N–H and O–H groups in total. The molecule has 0 bridgehead atoms. The Balaban J connectivity index is 1.47. The Labute approximate surface area is 114 Å². The van der Waals surface area contributed by atoms with Crippen molar-refractivity contribution in [3.63, 3.8) is 0 Å². The van der Waals surface area contributed by atoms with Crippen molar-refractivity contribution in [1.82, 2.24) is 15.5 Å². The smallest absolute Gasteiger partial charge is 0.234 e. The van der Waals surface area contributed by atoms with Gasteiger partial charge in [0.1, 0.15) is 0 Å². The Morgan fingerprint density at radius 3 is 2.67 bits per heavy atom. The van der Waals surface area contributed by atoms with Crippen LogP contribution in [0.25, 0.3) is 0 Å². The molecule has 0 atom stereocenters. The fourth-order valence-corrected chi connectivity index (χ4v) is 3.59. The van der Waals surface area contributed by atoms with E-state index in [2.05, 4.69) is 15.5 Å². The van der Waals surface area contributed by atoms with E-state index in [1.165, 1.54) is 37.4 Å². The highest BCUT2D eigenvalue weighted by Crippen LogP contribution is 2.17. The first-order chi connectivity index (χ1) is 8.84. The van der Waals surface area contributed by atoms with Gasteiger partial charge >= 0.3 is 0 Å². The summed E-state index contributed by atoms with van der Waals surface area (Å²) in [6.45, 7) is 4.85. The predicted octanol–water partition coefficient (Wildman–Crippen LogP) is 0.684. The summed E-state index contributed by atoms with van der Waals surface area (Å²) in [5, 5.41) is 6.34. The molecule has 18 heavy (non-hydrogen) atoms. The second-order valence-electron chi connectivity index (χ2n) is 5.18. The molecule has 0 aromatic heterocycles. The van der Waals surface area contributed by atoms with Crippen molar-refractivity contribution < 1.29 is 4.79 Å². The summed E-state index contributed by atoms with van der Waals surface area (Å²) in [4.78, 5) is 14.1. The van der Waals surface area contributed by atoms with E-state index in [0.29, 0.717) is 12.6 Å². The zero-order valence-corrected chi connectivity index (χ0v) is 11.9. The molecule has 2 fully saturated rings. The SMILES string of the molecule is O=C(CNCCN1CCSCC1)NC1CCCC1. The van der Waals surface area contributed by atoms with Crippen LogP contribution in [0.2, 0.25) is 0 Å². The normalized spacial score (nSPS) is 22.2. The van der Waals surface area contributed by atoms with Crippen LogP contribution >= 0.6 is 11.8 Å². The maximum Gasteiger partial charge on any atom is 0.234 e. The Bertz CT molecular complexity index is 251. The molecule has 1 saturated heterocycles. The van der Waals surface area contributed by atoms with Gasteiger partial charge in [0, 0.05) is 43.7 Å². The highest BCUT2D eigenvalue weighted by Gasteiger charge is 2.16. The molecule has 0 unspecified atom stereocenters. The van der Waals surface area contributed by atoms with Crippen LogP contribution in [0.15, 0.2) is 0 Å². The van der Waals surface area contributed by atoms with Crippen LogP contribution in [0.1, 0.15) is 25.7 Å². The van der Waals surface area contributed by atoms with E-state index >= 15 is 0 Å². The van der Waals surface area contributed by atoms with Crippen molar-refractivity contribution in [3.05, 3.63) is 0 Å². The Hall–Kier alpha value is -0.260. The van der Waals surface area contributed by atoms with E-state index in [1.54, 1.807) is 0 Å². The zero-order valence-electron chi connectivity index (χ0n) is 11.1. The van der Waals surface area contributed by atoms with E-state index in [1.807, 2.05) is 11.8 Å². The van der Waals surface area contributed by atoms with E-state index in [0.717, 1.165) is 25.9 Å². The predicted molar refractivity (Wildman–Crippen MR) is 77.0 cm³/mol. The molecule has 1 aliphatic heterocycles. The highest BCUT2D eigenvalue weighted by atomic mass is 32.2. The van der Waals surface area contributed by atoms with Gasteiger partial charge in [-0.15, -0.1) is 0 Å². The van der Waals surface area contributed by atoms with Crippen molar-refractivity contribution in [2.45, 2.75) is 31.7 Å². The first-order valence-corrected chi connectivity index (χ1v) is 8.30. The number of nitrogens with zero attached hydrogens (tertiary/aromatic N) is 1. The van der Waals surface area contributed by atoms with Crippen LogP contribution in [0, 0.1) is 0 Å². The number of amides is 1. The summed E-state index contributed by atoms with van der Waals surface area (Å²) in [7, 11) is 0. The first kappa shape index (κ1) is 14.2. The van der Waals surface area contributed by atoms with E-state index in [4.69, 9.17) is 0 Å². The van der Waals surface area contributed by atoms with Crippen molar-refractivity contribution in [1.29, 1.82) is 0 Å². The highest BCUT2D eigenvalue weighted by molar-refractivity contribution is 7.99. The van der Waals surface area contributed by atoms with Crippen LogP contribution < -0.4 is 10.6 Å². The number of nitrogens with one attached hydrogen (secondary N) is 2. The monoisotopic (exact) mass is 271 g/mol. The van der Waals surface area contributed by atoms with Crippen molar-refractivity contribution >= 4 is 17.7 Å². The van der Waals surface area contributed by atoms with Crippen LogP contribution in [-0.2, 0) is 4.79 Å². The summed E-state index contributed by atoms with van der Waals surface area (Å²) < 4.78 is 0. The summed E-state index contributed by atoms with van der Waals surface area (Å²) >= 11 is 2.03. The average molecular weight is 271 g/mol. The molecular formula is C13H25N3OS. The molecular weight excluding hydrogens is 246 g/mol. The van der Waals surface area contributed by atoms with Crippen molar-refractivity contribution in [2.75, 3.05) is 44.2 Å². The lowest BCUT2D eigenvalue weighted by Gasteiger charge is -2.26. The molecule has 0 radical (unpaired) electrons. The van der Waals surface area contributed by atoms with Gasteiger partial charge in [0.05, 0.1) is 6.54 Å². The van der Waals surface area contributed by atoms with E-state index in [9.17, 15) is 4.79 Å². The zero-order chi connectivity index (χ0) is 12.6. The quantitative estimate of drug-likeness (QED) is 0.698. The number of hydrogen-bond acceptors (Lipinski definition) is 4. The van der Waals surface area contributed by atoms with Crippen LogP contribution in [0.5, 0.6) is 0 Å². The van der Waals surface area contributed by atoms with Crippen LogP contribution in [-0.4, -0.2) is 61.1 Å². The summed E-state index contributed by atoms with van der Waals surface area (Å²) in [6, 6.07) is 0.443. The molecule has 0 aromatic rings. The molecule has 0 spiro atoms. The van der Waals surface area contributed by atoms with E-state index < -0.39 is 0 Å². The van der Waals surface area contributed by atoms with Gasteiger partial charge in [-0.1, -0.05) is 12.8 Å². The fraction of sp³-hybridized carbons (Fsp3) is 0.923. The molecule has 2 rings (SSSR count). The minimum Gasteiger partial charge on any atom is -0.352 e. The Kier molecular flexibility index (Phi) is 6.31. The third-order valence-corrected chi connectivity index (χ3v) is 4.66. The third kappa shape index (κ3) is 5.16. The van der Waals surface area contributed by atoms with Crippen LogP contribution in [0.4, 0.5) is 0 Å². The number of thioether (sulfide) groups is 1. The summed E-state index contributed by atoms with van der Waals surface area (Å²) in [5.41, 5.74) is 0. The molecule has 1 heterocycles. The van der Waals surface area contributed by atoms with Gasteiger partial charge in [-0.25, -0.2) is 0 Å². The molecule has 1 saturated carbocycles. The molecule has 2 aliphatic rings.